The number of aromatic nitrogens is 1. The molecule has 4 heteroatoms. The highest BCUT2D eigenvalue weighted by atomic mass is 16.5. The minimum atomic E-state index is -0.378. The molecule has 0 fully saturated rings. The minimum absolute atomic E-state index is 0.348. The maximum Gasteiger partial charge on any atom is 0.339 e. The number of carbonyl (C=O) groups excluding carboxylic acids is 1. The van der Waals surface area contributed by atoms with Gasteiger partial charge in [-0.15, -0.1) is 0 Å². The van der Waals surface area contributed by atoms with Crippen molar-refractivity contribution in [1.82, 2.24) is 4.98 Å². The molecule has 0 N–H and O–H groups in total. The normalized spacial score (nSPS) is 9.83. The number of esters is 1. The zero-order chi connectivity index (χ0) is 12.8. The van der Waals surface area contributed by atoms with Crippen molar-refractivity contribution in [2.45, 2.75) is 6.92 Å². The molecule has 18 heavy (non-hydrogen) atoms. The van der Waals surface area contributed by atoms with Crippen molar-refractivity contribution in [2.24, 2.45) is 0 Å². The third kappa shape index (κ3) is 3.07. The topological polar surface area (TPSA) is 48.4 Å². The van der Waals surface area contributed by atoms with Gasteiger partial charge in [0.25, 0.3) is 0 Å². The van der Waals surface area contributed by atoms with Crippen molar-refractivity contribution >= 4 is 5.97 Å². The van der Waals surface area contributed by atoms with Crippen LogP contribution in [0.15, 0.2) is 48.7 Å². The quantitative estimate of drug-likeness (QED) is 0.774. The predicted molar refractivity (Wildman–Crippen MR) is 66.7 cm³/mol. The number of pyridine rings is 1. The van der Waals surface area contributed by atoms with Crippen LogP contribution in [0.3, 0.4) is 0 Å². The number of para-hydroxylation sites is 1. The molecular weight excluding hydrogens is 230 g/mol. The van der Waals surface area contributed by atoms with Gasteiger partial charge in [-0.05, 0) is 25.1 Å². The second-order valence-corrected chi connectivity index (χ2v) is 3.52. The summed E-state index contributed by atoms with van der Waals surface area (Å²) in [7, 11) is 0. The van der Waals surface area contributed by atoms with Gasteiger partial charge in [0.2, 0.25) is 5.88 Å². The van der Waals surface area contributed by atoms with Crippen LogP contribution in [0.1, 0.15) is 17.3 Å². The van der Waals surface area contributed by atoms with Crippen LogP contribution in [0.2, 0.25) is 0 Å². The van der Waals surface area contributed by atoms with E-state index in [1.165, 1.54) is 6.20 Å². The summed E-state index contributed by atoms with van der Waals surface area (Å²) in [5.74, 6) is 0.763. The molecule has 0 spiro atoms. The molecule has 1 aromatic heterocycles. The maximum absolute atomic E-state index is 11.4. The van der Waals surface area contributed by atoms with E-state index in [1.807, 2.05) is 30.3 Å². The van der Waals surface area contributed by atoms with Crippen LogP contribution < -0.4 is 4.74 Å². The Kier molecular flexibility index (Phi) is 3.91. The van der Waals surface area contributed by atoms with Crippen LogP contribution in [-0.2, 0) is 4.74 Å². The van der Waals surface area contributed by atoms with Crippen LogP contribution >= 0.6 is 0 Å². The first-order chi connectivity index (χ1) is 8.79. The van der Waals surface area contributed by atoms with Gasteiger partial charge in [0.15, 0.2) is 0 Å². The molecule has 0 aliphatic heterocycles. The zero-order valence-electron chi connectivity index (χ0n) is 10.00. The molecule has 0 saturated heterocycles. The molecule has 92 valence electrons. The lowest BCUT2D eigenvalue weighted by Gasteiger charge is -2.05. The SMILES string of the molecule is CCOC(=O)c1ccc(Oc2ccccc2)nc1. The second kappa shape index (κ2) is 5.82. The number of carbonyl (C=O) groups is 1. The van der Waals surface area contributed by atoms with E-state index in [1.54, 1.807) is 19.1 Å². The second-order valence-electron chi connectivity index (χ2n) is 3.52. The summed E-state index contributed by atoms with van der Waals surface area (Å²) in [5.41, 5.74) is 0.414. The van der Waals surface area contributed by atoms with E-state index in [0.717, 1.165) is 0 Å². The van der Waals surface area contributed by atoms with Gasteiger partial charge in [0.1, 0.15) is 5.75 Å². The first-order valence-corrected chi connectivity index (χ1v) is 5.65. The Morgan fingerprint density at radius 3 is 2.56 bits per heavy atom. The Hall–Kier alpha value is -2.36. The van der Waals surface area contributed by atoms with Crippen LogP contribution in [0.4, 0.5) is 0 Å². The van der Waals surface area contributed by atoms with E-state index < -0.39 is 0 Å². The molecule has 4 nitrogen and oxygen atoms in total. The first-order valence-electron chi connectivity index (χ1n) is 5.65. The monoisotopic (exact) mass is 243 g/mol. The minimum Gasteiger partial charge on any atom is -0.462 e. The maximum atomic E-state index is 11.4. The molecule has 0 atom stereocenters. The summed E-state index contributed by atoms with van der Waals surface area (Å²) in [6.07, 6.45) is 1.44. The molecule has 0 aliphatic rings. The first kappa shape index (κ1) is 12.1. The van der Waals surface area contributed by atoms with Gasteiger partial charge in [-0.1, -0.05) is 18.2 Å². The molecule has 0 saturated carbocycles. The third-order valence-corrected chi connectivity index (χ3v) is 2.21. The number of hydrogen-bond acceptors (Lipinski definition) is 4. The average Bonchev–Trinajstić information content (AvgIpc) is 2.41. The molecule has 0 bridgehead atoms. The lowest BCUT2D eigenvalue weighted by Crippen LogP contribution is -2.04. The Morgan fingerprint density at radius 1 is 1.17 bits per heavy atom. The van der Waals surface area contributed by atoms with Gasteiger partial charge in [-0.3, -0.25) is 0 Å². The number of nitrogens with zero attached hydrogens (tertiary/aromatic N) is 1. The standard InChI is InChI=1S/C14H13NO3/c1-2-17-14(16)11-8-9-13(15-10-11)18-12-6-4-3-5-7-12/h3-10H,2H2,1H3. The summed E-state index contributed by atoms with van der Waals surface area (Å²) in [5, 5.41) is 0. The Morgan fingerprint density at radius 2 is 1.94 bits per heavy atom. The molecule has 2 rings (SSSR count). The van der Waals surface area contributed by atoms with Crippen LogP contribution in [-0.4, -0.2) is 17.6 Å². The van der Waals surface area contributed by atoms with E-state index in [9.17, 15) is 4.79 Å². The highest BCUT2D eigenvalue weighted by molar-refractivity contribution is 5.89. The highest BCUT2D eigenvalue weighted by Gasteiger charge is 2.07. The van der Waals surface area contributed by atoms with Crippen molar-refractivity contribution in [3.63, 3.8) is 0 Å². The Balaban J connectivity index is 2.06. The lowest BCUT2D eigenvalue weighted by atomic mass is 10.3. The molecule has 1 aromatic carbocycles. The summed E-state index contributed by atoms with van der Waals surface area (Å²) in [4.78, 5) is 15.5. The van der Waals surface area contributed by atoms with Gasteiger partial charge >= 0.3 is 5.97 Å². The third-order valence-electron chi connectivity index (χ3n) is 2.21. The summed E-state index contributed by atoms with van der Waals surface area (Å²) in [6.45, 7) is 2.11. The Bertz CT molecular complexity index is 508. The predicted octanol–water partition coefficient (Wildman–Crippen LogP) is 3.05. The number of ether oxygens (including phenoxy) is 2. The smallest absolute Gasteiger partial charge is 0.339 e. The van der Waals surface area contributed by atoms with E-state index in [0.29, 0.717) is 23.8 Å². The number of rotatable bonds is 4. The van der Waals surface area contributed by atoms with Gasteiger partial charge in [0.05, 0.1) is 12.2 Å². The zero-order valence-corrected chi connectivity index (χ0v) is 10.00. The van der Waals surface area contributed by atoms with Gasteiger partial charge < -0.3 is 9.47 Å². The van der Waals surface area contributed by atoms with Crippen LogP contribution in [0, 0.1) is 0 Å². The summed E-state index contributed by atoms with van der Waals surface area (Å²) >= 11 is 0. The van der Waals surface area contributed by atoms with Gasteiger partial charge in [-0.2, -0.15) is 0 Å². The van der Waals surface area contributed by atoms with Crippen molar-refractivity contribution < 1.29 is 14.3 Å². The van der Waals surface area contributed by atoms with Crippen LogP contribution in [0.5, 0.6) is 11.6 Å². The fraction of sp³-hybridized carbons (Fsp3) is 0.143. The van der Waals surface area contributed by atoms with E-state index in [-0.39, 0.29) is 5.97 Å². The van der Waals surface area contributed by atoms with Crippen molar-refractivity contribution in [3.05, 3.63) is 54.2 Å². The number of hydrogen-bond donors (Lipinski definition) is 0. The molecule has 1 heterocycles. The largest absolute Gasteiger partial charge is 0.462 e. The fourth-order valence-corrected chi connectivity index (χ4v) is 1.39. The average molecular weight is 243 g/mol. The van der Waals surface area contributed by atoms with Crippen molar-refractivity contribution in [1.29, 1.82) is 0 Å². The molecular formula is C14H13NO3. The van der Waals surface area contributed by atoms with Crippen molar-refractivity contribution in [3.8, 4) is 11.6 Å². The van der Waals surface area contributed by atoms with Crippen LogP contribution in [0.25, 0.3) is 0 Å². The summed E-state index contributed by atoms with van der Waals surface area (Å²) < 4.78 is 10.4. The van der Waals surface area contributed by atoms with Crippen molar-refractivity contribution in [2.75, 3.05) is 6.61 Å². The summed E-state index contributed by atoms with van der Waals surface area (Å²) in [6, 6.07) is 12.6. The van der Waals surface area contributed by atoms with Gasteiger partial charge in [0, 0.05) is 12.3 Å². The lowest BCUT2D eigenvalue weighted by molar-refractivity contribution is 0.0526. The Labute approximate surface area is 105 Å². The van der Waals surface area contributed by atoms with E-state index in [2.05, 4.69) is 4.98 Å². The van der Waals surface area contributed by atoms with Gasteiger partial charge in [-0.25, -0.2) is 9.78 Å². The molecule has 0 amide bonds. The van der Waals surface area contributed by atoms with E-state index in [4.69, 9.17) is 9.47 Å². The molecule has 0 aliphatic carbocycles. The highest BCUT2D eigenvalue weighted by Crippen LogP contribution is 2.18. The fourth-order valence-electron chi connectivity index (χ4n) is 1.39. The molecule has 0 radical (unpaired) electrons. The molecule has 2 aromatic rings. The van der Waals surface area contributed by atoms with E-state index >= 15 is 0 Å². The number of benzene rings is 1. The molecule has 0 unspecified atom stereocenters.